The first-order valence-electron chi connectivity index (χ1n) is 29.2. The van der Waals surface area contributed by atoms with Crippen LogP contribution in [0.15, 0.2) is 170 Å². The zero-order valence-electron chi connectivity index (χ0n) is 47.7. The molecule has 0 aliphatic rings. The molecule has 6 aromatic carbocycles. The lowest BCUT2D eigenvalue weighted by atomic mass is 9.88. The highest BCUT2D eigenvalue weighted by Gasteiger charge is 2.15. The van der Waals surface area contributed by atoms with Gasteiger partial charge in [-0.05, 0) is 201 Å². The number of aromatic amines is 1. The number of rotatable bonds is 36. The highest BCUT2D eigenvalue weighted by atomic mass is 35.5. The van der Waals surface area contributed by atoms with Gasteiger partial charge in [0.25, 0.3) is 0 Å². The zero-order valence-corrected chi connectivity index (χ0v) is 48.5. The number of methoxy groups -OCH3 is 1. The average Bonchev–Trinajstić information content (AvgIpc) is 3.91. The number of unbranched alkanes of at least 4 members (excludes halogenated alkanes) is 1. The van der Waals surface area contributed by atoms with Gasteiger partial charge in [-0.2, -0.15) is 0 Å². The van der Waals surface area contributed by atoms with Crippen LogP contribution in [0.5, 0.6) is 5.75 Å². The van der Waals surface area contributed by atoms with Gasteiger partial charge < -0.3 is 52.7 Å². The molecule has 11 nitrogen and oxygen atoms in total. The van der Waals surface area contributed by atoms with E-state index in [2.05, 4.69) is 171 Å². The lowest BCUT2D eigenvalue weighted by molar-refractivity contribution is -0.120. The number of hydrogen-bond acceptors (Lipinski definition) is 9. The molecule has 79 heavy (non-hydrogen) atoms. The van der Waals surface area contributed by atoms with Crippen molar-refractivity contribution >= 4 is 28.4 Å². The van der Waals surface area contributed by atoms with E-state index in [0.29, 0.717) is 31.0 Å². The van der Waals surface area contributed by atoms with Crippen LogP contribution >= 0.6 is 11.6 Å². The zero-order chi connectivity index (χ0) is 55.8. The molecule has 0 saturated carbocycles. The minimum absolute atomic E-state index is 0.0822. The largest absolute Gasteiger partial charge is 0.497 e. The molecular formula is C67H94ClN9O2. The lowest BCUT2D eigenvalue weighted by Crippen LogP contribution is -2.29. The van der Waals surface area contributed by atoms with E-state index in [4.69, 9.17) is 22.1 Å². The summed E-state index contributed by atoms with van der Waals surface area (Å²) in [6.07, 6.45) is 12.3. The smallest absolute Gasteiger partial charge is 0.224 e. The fourth-order valence-corrected chi connectivity index (χ4v) is 9.62. The van der Waals surface area contributed by atoms with Crippen molar-refractivity contribution in [2.45, 2.75) is 96.1 Å². The number of nitrogens with two attached hydrogens (primary N) is 1. The molecule has 7 rings (SSSR count). The molecule has 0 bridgehead atoms. The minimum Gasteiger partial charge on any atom is -0.497 e. The Kier molecular flexibility index (Phi) is 32.7. The molecule has 426 valence electrons. The van der Waals surface area contributed by atoms with E-state index >= 15 is 0 Å². The van der Waals surface area contributed by atoms with Crippen LogP contribution in [-0.4, -0.2) is 96.5 Å². The molecule has 1 aromatic heterocycles. The number of benzene rings is 6. The van der Waals surface area contributed by atoms with Crippen molar-refractivity contribution in [2.75, 3.05) is 85.6 Å². The standard InChI is InChI=1S/C26H47N7O.C23H25N.C18H22ClNO/c27-11-5-14-28-12-3-4-13-29-15-6-16-30-17-7-18-31-19-8-20-32-26(34)21-23-22-33-25-10-2-1-9-24(23)25;1-19(20-11-5-2-6-12-20)24-18-17-23(21-13-7-3-8-14-21)22-15-9-4-10-16-22;1-14(16-8-5-10-17(13-16)21-2)20-12-6-9-15-7-3-4-11-18(15)19/h1-2,9-10,22,28-31,33H,3-8,11-21,27H2,(H,32,34);2-16,19,23-24H,17-18H2,1H3;3-5,7-8,10-11,13-14,20H,6,9,12H2,1-2H3/t;19-;14-/m.11/s1. The number of nitrogens with one attached hydrogen (secondary N) is 8. The molecule has 0 fully saturated rings. The maximum atomic E-state index is 12.2. The third-order valence-corrected chi connectivity index (χ3v) is 14.4. The highest BCUT2D eigenvalue weighted by molar-refractivity contribution is 6.31. The van der Waals surface area contributed by atoms with E-state index in [1.54, 1.807) is 7.11 Å². The molecule has 2 atom stereocenters. The molecular weight excluding hydrogens is 998 g/mol. The van der Waals surface area contributed by atoms with E-state index in [9.17, 15) is 4.79 Å². The van der Waals surface area contributed by atoms with Crippen LogP contribution in [0.4, 0.5) is 0 Å². The van der Waals surface area contributed by atoms with Crippen molar-refractivity contribution in [3.8, 4) is 5.75 Å². The first-order chi connectivity index (χ1) is 38.9. The van der Waals surface area contributed by atoms with E-state index in [1.807, 2.05) is 54.7 Å². The predicted molar refractivity (Wildman–Crippen MR) is 335 cm³/mol. The monoisotopic (exact) mass is 1090 g/mol. The van der Waals surface area contributed by atoms with Crippen LogP contribution in [0.1, 0.15) is 117 Å². The molecule has 12 heteroatoms. The number of ether oxygens (including phenoxy) is 1. The van der Waals surface area contributed by atoms with Gasteiger partial charge in [0.05, 0.1) is 13.5 Å². The third kappa shape index (κ3) is 26.3. The Morgan fingerprint density at radius 2 is 1.03 bits per heavy atom. The van der Waals surface area contributed by atoms with Gasteiger partial charge in [-0.25, -0.2) is 0 Å². The van der Waals surface area contributed by atoms with Gasteiger partial charge in [-0.1, -0.05) is 151 Å². The molecule has 1 amide bonds. The van der Waals surface area contributed by atoms with Gasteiger partial charge in [0, 0.05) is 46.7 Å². The summed E-state index contributed by atoms with van der Waals surface area (Å²) >= 11 is 6.16. The topological polar surface area (TPSA) is 152 Å². The van der Waals surface area contributed by atoms with Gasteiger partial charge in [0.1, 0.15) is 5.75 Å². The van der Waals surface area contributed by atoms with Crippen molar-refractivity contribution in [1.29, 1.82) is 0 Å². The summed E-state index contributed by atoms with van der Waals surface area (Å²) in [5.74, 6) is 1.42. The average molecular weight is 1090 g/mol. The second-order valence-corrected chi connectivity index (χ2v) is 20.6. The van der Waals surface area contributed by atoms with Gasteiger partial charge in [-0.3, -0.25) is 4.79 Å². The fourth-order valence-electron chi connectivity index (χ4n) is 9.39. The van der Waals surface area contributed by atoms with Crippen LogP contribution in [-0.2, 0) is 17.6 Å². The molecule has 0 radical (unpaired) electrons. The summed E-state index contributed by atoms with van der Waals surface area (Å²) < 4.78 is 5.26. The van der Waals surface area contributed by atoms with Crippen LogP contribution in [0.2, 0.25) is 5.02 Å². The van der Waals surface area contributed by atoms with E-state index in [-0.39, 0.29) is 5.91 Å². The first kappa shape index (κ1) is 64.0. The third-order valence-electron chi connectivity index (χ3n) is 14.0. The summed E-state index contributed by atoms with van der Waals surface area (Å²) in [6, 6.07) is 57.3. The van der Waals surface area contributed by atoms with E-state index < -0.39 is 0 Å². The van der Waals surface area contributed by atoms with E-state index in [1.165, 1.54) is 47.1 Å². The Hall–Kier alpha value is -5.86. The number of hydrogen-bond donors (Lipinski definition) is 9. The Labute approximate surface area is 479 Å². The second-order valence-electron chi connectivity index (χ2n) is 20.2. The Morgan fingerprint density at radius 3 is 1.63 bits per heavy atom. The molecule has 0 aliphatic carbocycles. The number of para-hydroxylation sites is 1. The van der Waals surface area contributed by atoms with Gasteiger partial charge in [0.15, 0.2) is 0 Å². The van der Waals surface area contributed by atoms with Crippen LogP contribution < -0.4 is 47.7 Å². The molecule has 0 spiro atoms. The molecule has 7 aromatic rings. The molecule has 0 saturated heterocycles. The number of halogens is 1. The molecule has 10 N–H and O–H groups in total. The van der Waals surface area contributed by atoms with Crippen LogP contribution in [0.3, 0.4) is 0 Å². The highest BCUT2D eigenvalue weighted by Crippen LogP contribution is 2.28. The van der Waals surface area contributed by atoms with E-state index in [0.717, 1.165) is 138 Å². The fraction of sp³-hybridized carbons (Fsp3) is 0.418. The number of H-pyrrole nitrogens is 1. The van der Waals surface area contributed by atoms with Crippen molar-refractivity contribution in [2.24, 2.45) is 5.73 Å². The van der Waals surface area contributed by atoms with Gasteiger partial charge in [0.2, 0.25) is 5.91 Å². The summed E-state index contributed by atoms with van der Waals surface area (Å²) in [7, 11) is 1.70. The summed E-state index contributed by atoms with van der Waals surface area (Å²) in [5.41, 5.74) is 14.2. The Balaban J connectivity index is 0.000000225. The Bertz CT molecular complexity index is 2580. The number of amides is 1. The van der Waals surface area contributed by atoms with Gasteiger partial charge >= 0.3 is 0 Å². The van der Waals surface area contributed by atoms with Crippen molar-refractivity contribution in [3.05, 3.63) is 208 Å². The Morgan fingerprint density at radius 1 is 0.519 bits per heavy atom. The SMILES string of the molecule is COc1cccc([C@@H](C)NCCCc2ccccc2Cl)c1.C[C@@H](NCCC(c1ccccc1)c1ccccc1)c1ccccc1.NCCCNCCCCNCCCNCCCNCCCNC(=O)Cc1c[nH]c2ccccc12. The summed E-state index contributed by atoms with van der Waals surface area (Å²) in [4.78, 5) is 15.4. The number of carbonyl (C=O) groups is 1. The van der Waals surface area contributed by atoms with Gasteiger partial charge in [-0.15, -0.1) is 0 Å². The predicted octanol–water partition coefficient (Wildman–Crippen LogP) is 11.7. The lowest BCUT2D eigenvalue weighted by Gasteiger charge is -2.20. The second kappa shape index (κ2) is 40.3. The van der Waals surface area contributed by atoms with Crippen LogP contribution in [0, 0.1) is 0 Å². The quantitative estimate of drug-likeness (QED) is 0.0175. The van der Waals surface area contributed by atoms with Crippen molar-refractivity contribution in [3.63, 3.8) is 0 Å². The van der Waals surface area contributed by atoms with Crippen molar-refractivity contribution in [1.82, 2.24) is 42.2 Å². The molecule has 1 heterocycles. The summed E-state index contributed by atoms with van der Waals surface area (Å²) in [5, 5.41) is 26.1. The van der Waals surface area contributed by atoms with Crippen LogP contribution in [0.25, 0.3) is 10.9 Å². The maximum Gasteiger partial charge on any atom is 0.224 e. The maximum absolute atomic E-state index is 12.2. The minimum atomic E-state index is 0.0822. The number of fused-ring (bicyclic) bond motifs is 1. The number of aryl methyl sites for hydroxylation is 1. The number of aromatic nitrogens is 1. The normalized spacial score (nSPS) is 11.8. The molecule has 0 aliphatic heterocycles. The first-order valence-corrected chi connectivity index (χ1v) is 29.6. The molecule has 0 unspecified atom stereocenters. The number of carbonyl (C=O) groups excluding carboxylic acids is 1. The van der Waals surface area contributed by atoms with Crippen molar-refractivity contribution < 1.29 is 9.53 Å². The summed E-state index contributed by atoms with van der Waals surface area (Å²) in [6.45, 7) is 16.2.